The van der Waals surface area contributed by atoms with Gasteiger partial charge in [-0.3, -0.25) is 0 Å². The Morgan fingerprint density at radius 2 is 2.20 bits per heavy atom. The molecule has 0 unspecified atom stereocenters. The zero-order valence-corrected chi connectivity index (χ0v) is 9.76. The third-order valence-electron chi connectivity index (χ3n) is 2.79. The van der Waals surface area contributed by atoms with Gasteiger partial charge in [0, 0.05) is 28.6 Å². The molecule has 2 nitrogen and oxygen atoms in total. The van der Waals surface area contributed by atoms with Gasteiger partial charge < -0.3 is 10.5 Å². The minimum Gasteiger partial charge on any atom is -0.381 e. The molecule has 0 saturated carbocycles. The molecule has 0 radical (unpaired) electrons. The Hall–Kier alpha value is -0.280. The van der Waals surface area contributed by atoms with E-state index in [-0.39, 0.29) is 6.04 Å². The van der Waals surface area contributed by atoms with Crippen molar-refractivity contribution in [2.24, 2.45) is 11.7 Å². The molecule has 1 aromatic rings. The zero-order chi connectivity index (χ0) is 10.8. The second kappa shape index (κ2) is 4.71. The highest BCUT2D eigenvalue weighted by atomic mass is 35.5. The van der Waals surface area contributed by atoms with Gasteiger partial charge in [-0.2, -0.15) is 0 Å². The molecule has 82 valence electrons. The van der Waals surface area contributed by atoms with Crippen molar-refractivity contribution < 1.29 is 4.74 Å². The molecule has 2 atom stereocenters. The number of halogens is 2. The Morgan fingerprint density at radius 1 is 1.40 bits per heavy atom. The van der Waals surface area contributed by atoms with Crippen LogP contribution >= 0.6 is 23.2 Å². The number of hydrogen-bond donors (Lipinski definition) is 1. The number of rotatable bonds is 2. The summed E-state index contributed by atoms with van der Waals surface area (Å²) in [6.07, 6.45) is 0.990. The molecule has 0 spiro atoms. The largest absolute Gasteiger partial charge is 0.381 e. The zero-order valence-electron chi connectivity index (χ0n) is 8.25. The lowest BCUT2D eigenvalue weighted by Gasteiger charge is -2.19. The summed E-state index contributed by atoms with van der Waals surface area (Å²) in [5.74, 6) is 0.348. The van der Waals surface area contributed by atoms with Gasteiger partial charge in [0.25, 0.3) is 0 Å². The van der Waals surface area contributed by atoms with E-state index in [9.17, 15) is 0 Å². The molecule has 4 heteroatoms. The van der Waals surface area contributed by atoms with Gasteiger partial charge in [-0.15, -0.1) is 0 Å². The van der Waals surface area contributed by atoms with Crippen molar-refractivity contribution in [3.05, 3.63) is 33.8 Å². The molecule has 1 aromatic carbocycles. The quantitative estimate of drug-likeness (QED) is 0.870. The summed E-state index contributed by atoms with van der Waals surface area (Å²) in [5, 5.41) is 1.35. The standard InChI is InChI=1S/C11H13Cl2NO/c12-8-1-2-10(13)9(5-8)11(14)7-3-4-15-6-7/h1-2,5,7,11H,3-4,6,14H2/t7-,11-/m1/s1. The molecule has 0 aliphatic carbocycles. The van der Waals surface area contributed by atoms with E-state index < -0.39 is 0 Å². The van der Waals surface area contributed by atoms with Crippen molar-refractivity contribution in [1.29, 1.82) is 0 Å². The highest BCUT2D eigenvalue weighted by molar-refractivity contribution is 6.33. The monoisotopic (exact) mass is 245 g/mol. The Balaban J connectivity index is 2.23. The summed E-state index contributed by atoms with van der Waals surface area (Å²) in [7, 11) is 0. The average Bonchev–Trinajstić information content (AvgIpc) is 2.74. The van der Waals surface area contributed by atoms with Crippen LogP contribution in [0.5, 0.6) is 0 Å². The Labute approximate surface area is 99.3 Å². The number of hydrogen-bond acceptors (Lipinski definition) is 2. The summed E-state index contributed by atoms with van der Waals surface area (Å²) in [5.41, 5.74) is 7.06. The summed E-state index contributed by atoms with van der Waals surface area (Å²) >= 11 is 12.0. The lowest BCUT2D eigenvalue weighted by Crippen LogP contribution is -2.21. The SMILES string of the molecule is N[C@@H](c1cc(Cl)ccc1Cl)[C@@H]1CCOC1. The van der Waals surface area contributed by atoms with E-state index in [4.69, 9.17) is 33.7 Å². The topological polar surface area (TPSA) is 35.2 Å². The minimum atomic E-state index is -0.0845. The van der Waals surface area contributed by atoms with E-state index in [1.807, 2.05) is 6.07 Å². The van der Waals surface area contributed by atoms with Crippen LogP contribution in [0.4, 0.5) is 0 Å². The van der Waals surface area contributed by atoms with Crippen LogP contribution in [0.2, 0.25) is 10.0 Å². The van der Waals surface area contributed by atoms with E-state index >= 15 is 0 Å². The predicted octanol–water partition coefficient (Wildman–Crippen LogP) is 3.03. The first-order valence-corrected chi connectivity index (χ1v) is 5.72. The molecule has 2 N–H and O–H groups in total. The van der Waals surface area contributed by atoms with Crippen LogP contribution < -0.4 is 5.73 Å². The maximum Gasteiger partial charge on any atom is 0.0513 e. The van der Waals surface area contributed by atoms with Crippen LogP contribution in [0.1, 0.15) is 18.0 Å². The molecule has 0 aromatic heterocycles. The van der Waals surface area contributed by atoms with Gasteiger partial charge >= 0.3 is 0 Å². The Bertz CT molecular complexity index is 350. The second-order valence-electron chi connectivity index (χ2n) is 3.82. The highest BCUT2D eigenvalue weighted by Gasteiger charge is 2.25. The van der Waals surface area contributed by atoms with E-state index in [1.54, 1.807) is 12.1 Å². The molecule has 0 amide bonds. The van der Waals surface area contributed by atoms with Crippen LogP contribution in [-0.4, -0.2) is 13.2 Å². The van der Waals surface area contributed by atoms with Crippen molar-refractivity contribution >= 4 is 23.2 Å². The van der Waals surface area contributed by atoms with E-state index in [1.165, 1.54) is 0 Å². The maximum absolute atomic E-state index is 6.15. The van der Waals surface area contributed by atoms with Gasteiger partial charge in [-0.1, -0.05) is 23.2 Å². The number of benzene rings is 1. The lowest BCUT2D eigenvalue weighted by atomic mass is 9.93. The highest BCUT2D eigenvalue weighted by Crippen LogP contribution is 2.32. The Kier molecular flexibility index (Phi) is 3.52. The second-order valence-corrected chi connectivity index (χ2v) is 4.66. The molecule has 1 heterocycles. The smallest absolute Gasteiger partial charge is 0.0513 e. The van der Waals surface area contributed by atoms with Crippen LogP contribution in [-0.2, 0) is 4.74 Å². The molecular formula is C11H13Cl2NO. The molecule has 1 saturated heterocycles. The molecule has 1 aliphatic rings. The lowest BCUT2D eigenvalue weighted by molar-refractivity contribution is 0.181. The van der Waals surface area contributed by atoms with Gasteiger partial charge in [0.05, 0.1) is 6.61 Å². The van der Waals surface area contributed by atoms with Crippen molar-refractivity contribution in [1.82, 2.24) is 0 Å². The van der Waals surface area contributed by atoms with Crippen LogP contribution in [0.3, 0.4) is 0 Å². The molecule has 1 fully saturated rings. The van der Waals surface area contributed by atoms with E-state index in [0.717, 1.165) is 18.6 Å². The molecule has 1 aliphatic heterocycles. The van der Waals surface area contributed by atoms with Crippen molar-refractivity contribution in [3.63, 3.8) is 0 Å². The fraction of sp³-hybridized carbons (Fsp3) is 0.455. The average molecular weight is 246 g/mol. The van der Waals surface area contributed by atoms with Gasteiger partial charge in [0.1, 0.15) is 0 Å². The fourth-order valence-electron chi connectivity index (χ4n) is 1.86. The first kappa shape index (κ1) is 11.2. The summed E-state index contributed by atoms with van der Waals surface area (Å²) in [6.45, 7) is 1.50. The van der Waals surface area contributed by atoms with Gasteiger partial charge in [-0.25, -0.2) is 0 Å². The fourth-order valence-corrected chi connectivity index (χ4v) is 2.28. The number of nitrogens with two attached hydrogens (primary N) is 1. The van der Waals surface area contributed by atoms with Crippen LogP contribution in [0, 0.1) is 5.92 Å². The Morgan fingerprint density at radius 3 is 2.87 bits per heavy atom. The van der Waals surface area contributed by atoms with Crippen molar-refractivity contribution in [2.45, 2.75) is 12.5 Å². The summed E-state index contributed by atoms with van der Waals surface area (Å²) in [4.78, 5) is 0. The van der Waals surface area contributed by atoms with Gasteiger partial charge in [0.15, 0.2) is 0 Å². The van der Waals surface area contributed by atoms with Crippen LogP contribution in [0.15, 0.2) is 18.2 Å². The van der Waals surface area contributed by atoms with Crippen molar-refractivity contribution in [2.75, 3.05) is 13.2 Å². The predicted molar refractivity (Wildman–Crippen MR) is 62.3 cm³/mol. The first-order chi connectivity index (χ1) is 7.18. The molecule has 2 rings (SSSR count). The maximum atomic E-state index is 6.15. The summed E-state index contributed by atoms with van der Waals surface area (Å²) in [6, 6.07) is 5.31. The van der Waals surface area contributed by atoms with Crippen LogP contribution in [0.25, 0.3) is 0 Å². The molecule has 15 heavy (non-hydrogen) atoms. The van der Waals surface area contributed by atoms with E-state index in [0.29, 0.717) is 22.6 Å². The third-order valence-corrected chi connectivity index (χ3v) is 3.37. The van der Waals surface area contributed by atoms with Gasteiger partial charge in [-0.05, 0) is 30.2 Å². The van der Waals surface area contributed by atoms with E-state index in [2.05, 4.69) is 0 Å². The first-order valence-electron chi connectivity index (χ1n) is 4.97. The van der Waals surface area contributed by atoms with Gasteiger partial charge in [0.2, 0.25) is 0 Å². The summed E-state index contributed by atoms with van der Waals surface area (Å²) < 4.78 is 5.31. The van der Waals surface area contributed by atoms with Crippen molar-refractivity contribution in [3.8, 4) is 0 Å². The third kappa shape index (κ3) is 2.45. The minimum absolute atomic E-state index is 0.0845. The molecular weight excluding hydrogens is 233 g/mol. The molecule has 0 bridgehead atoms. The number of ether oxygens (including phenoxy) is 1. The normalized spacial score (nSPS) is 23.0.